The number of hydrogen-bond acceptors (Lipinski definition) is 4. The van der Waals surface area contributed by atoms with Crippen LogP contribution >= 0.6 is 0 Å². The molecule has 0 aromatic carbocycles. The van der Waals surface area contributed by atoms with Crippen molar-refractivity contribution in [2.45, 2.75) is 33.6 Å². The van der Waals surface area contributed by atoms with Gasteiger partial charge >= 0.3 is 0 Å². The van der Waals surface area contributed by atoms with Crippen molar-refractivity contribution in [2.24, 2.45) is 11.3 Å². The molecule has 4 nitrogen and oxygen atoms in total. The molecule has 0 aliphatic carbocycles. The monoisotopic (exact) mass is 286 g/mol. The van der Waals surface area contributed by atoms with Crippen molar-refractivity contribution in [1.29, 1.82) is 0 Å². The van der Waals surface area contributed by atoms with Gasteiger partial charge in [0.25, 0.3) is 0 Å². The molecule has 1 heterocycles. The molecule has 0 spiro atoms. The fourth-order valence-corrected chi connectivity index (χ4v) is 2.87. The average Bonchev–Trinajstić information content (AvgIpc) is 2.39. The minimum Gasteiger partial charge on any atom is -0.381 e. The van der Waals surface area contributed by atoms with Gasteiger partial charge in [-0.25, -0.2) is 0 Å². The zero-order chi connectivity index (χ0) is 14.8. The Morgan fingerprint density at radius 3 is 2.80 bits per heavy atom. The summed E-state index contributed by atoms with van der Waals surface area (Å²) < 4.78 is 11.2. The second kappa shape index (κ2) is 9.72. The molecule has 4 heteroatoms. The summed E-state index contributed by atoms with van der Waals surface area (Å²) in [5, 5.41) is 3.63. The van der Waals surface area contributed by atoms with Gasteiger partial charge in [-0.1, -0.05) is 13.8 Å². The number of hydrogen-bond donors (Lipinski definition) is 1. The van der Waals surface area contributed by atoms with E-state index in [1.807, 2.05) is 6.92 Å². The van der Waals surface area contributed by atoms with E-state index >= 15 is 0 Å². The van der Waals surface area contributed by atoms with E-state index in [1.54, 1.807) is 0 Å². The number of likely N-dealkylation sites (N-methyl/N-ethyl adjacent to an activating group) is 1. The van der Waals surface area contributed by atoms with Gasteiger partial charge in [-0.3, -0.25) is 0 Å². The minimum absolute atomic E-state index is 0.272. The van der Waals surface area contributed by atoms with Crippen LogP contribution in [0.2, 0.25) is 0 Å². The predicted octanol–water partition coefficient (Wildman–Crippen LogP) is 2.00. The van der Waals surface area contributed by atoms with E-state index in [2.05, 4.69) is 31.1 Å². The summed E-state index contributed by atoms with van der Waals surface area (Å²) in [6.45, 7) is 14.2. The summed E-state index contributed by atoms with van der Waals surface area (Å²) >= 11 is 0. The maximum atomic E-state index is 5.77. The van der Waals surface area contributed by atoms with Crippen molar-refractivity contribution in [2.75, 3.05) is 59.7 Å². The summed E-state index contributed by atoms with van der Waals surface area (Å²) in [6, 6.07) is 0. The normalized spacial score (nSPS) is 23.7. The first-order valence-electron chi connectivity index (χ1n) is 8.13. The maximum Gasteiger partial charge on any atom is 0.0593 e. The summed E-state index contributed by atoms with van der Waals surface area (Å²) in [4.78, 5) is 2.39. The van der Waals surface area contributed by atoms with Crippen LogP contribution < -0.4 is 5.32 Å². The Kier molecular flexibility index (Phi) is 8.69. The Balaban J connectivity index is 2.41. The lowest BCUT2D eigenvalue weighted by Gasteiger charge is -2.40. The van der Waals surface area contributed by atoms with Crippen LogP contribution in [0.4, 0.5) is 0 Å². The first kappa shape index (κ1) is 17.9. The quantitative estimate of drug-likeness (QED) is 0.623. The Labute approximate surface area is 125 Å². The summed E-state index contributed by atoms with van der Waals surface area (Å²) in [5.41, 5.74) is 0.272. The SMILES string of the molecule is CCOCCN(C)CC1(CNCC(C)C)CCCOC1. The smallest absolute Gasteiger partial charge is 0.0593 e. The Morgan fingerprint density at radius 1 is 1.40 bits per heavy atom. The first-order valence-corrected chi connectivity index (χ1v) is 8.13. The van der Waals surface area contributed by atoms with E-state index in [0.717, 1.165) is 52.6 Å². The minimum atomic E-state index is 0.272. The van der Waals surface area contributed by atoms with E-state index < -0.39 is 0 Å². The average molecular weight is 286 g/mol. The largest absolute Gasteiger partial charge is 0.381 e. The maximum absolute atomic E-state index is 5.77. The highest BCUT2D eigenvalue weighted by Crippen LogP contribution is 2.28. The van der Waals surface area contributed by atoms with E-state index in [4.69, 9.17) is 9.47 Å². The molecule has 0 saturated carbocycles. The van der Waals surface area contributed by atoms with Gasteiger partial charge in [-0.15, -0.1) is 0 Å². The number of nitrogens with one attached hydrogen (secondary N) is 1. The summed E-state index contributed by atoms with van der Waals surface area (Å²) in [5.74, 6) is 0.701. The van der Waals surface area contributed by atoms with Gasteiger partial charge in [0.2, 0.25) is 0 Å². The van der Waals surface area contributed by atoms with Crippen LogP contribution in [-0.2, 0) is 9.47 Å². The zero-order valence-corrected chi connectivity index (χ0v) is 13.9. The molecule has 0 bridgehead atoms. The molecule has 1 atom stereocenters. The molecule has 0 aromatic rings. The molecule has 0 aromatic heterocycles. The predicted molar refractivity (Wildman–Crippen MR) is 84.2 cm³/mol. The molecule has 1 aliphatic rings. The van der Waals surface area contributed by atoms with E-state index in [1.165, 1.54) is 12.8 Å². The highest BCUT2D eigenvalue weighted by atomic mass is 16.5. The molecule has 1 saturated heterocycles. The molecule has 1 fully saturated rings. The van der Waals surface area contributed by atoms with Crippen LogP contribution in [0.25, 0.3) is 0 Å². The van der Waals surface area contributed by atoms with E-state index in [9.17, 15) is 0 Å². The van der Waals surface area contributed by atoms with Gasteiger partial charge in [0.1, 0.15) is 0 Å². The second-order valence-electron chi connectivity index (χ2n) is 6.62. The Morgan fingerprint density at radius 2 is 2.20 bits per heavy atom. The lowest BCUT2D eigenvalue weighted by atomic mass is 9.81. The highest BCUT2D eigenvalue weighted by molar-refractivity contribution is 4.87. The fraction of sp³-hybridized carbons (Fsp3) is 1.00. The van der Waals surface area contributed by atoms with Crippen LogP contribution in [0.1, 0.15) is 33.6 Å². The number of nitrogens with zero attached hydrogens (tertiary/aromatic N) is 1. The standard InChI is InChI=1S/C16H34N2O2/c1-5-19-10-8-18(4)13-16(7-6-9-20-14-16)12-17-11-15(2)3/h15,17H,5-14H2,1-4H3. The van der Waals surface area contributed by atoms with Crippen molar-refractivity contribution in [3.05, 3.63) is 0 Å². The third-order valence-corrected chi connectivity index (χ3v) is 3.88. The van der Waals surface area contributed by atoms with Crippen molar-refractivity contribution in [1.82, 2.24) is 10.2 Å². The first-order chi connectivity index (χ1) is 9.58. The third-order valence-electron chi connectivity index (χ3n) is 3.88. The van der Waals surface area contributed by atoms with Crippen molar-refractivity contribution in [3.63, 3.8) is 0 Å². The molecule has 1 aliphatic heterocycles. The summed E-state index contributed by atoms with van der Waals surface area (Å²) in [7, 11) is 2.19. The zero-order valence-electron chi connectivity index (χ0n) is 13.9. The van der Waals surface area contributed by atoms with Crippen LogP contribution in [0.15, 0.2) is 0 Å². The second-order valence-corrected chi connectivity index (χ2v) is 6.62. The van der Waals surface area contributed by atoms with Crippen LogP contribution in [0.5, 0.6) is 0 Å². The summed E-state index contributed by atoms with van der Waals surface area (Å²) in [6.07, 6.45) is 2.44. The number of rotatable bonds is 10. The highest BCUT2D eigenvalue weighted by Gasteiger charge is 2.33. The molecule has 0 radical (unpaired) electrons. The van der Waals surface area contributed by atoms with E-state index in [0.29, 0.717) is 5.92 Å². The van der Waals surface area contributed by atoms with Gasteiger partial charge in [-0.2, -0.15) is 0 Å². The van der Waals surface area contributed by atoms with Crippen molar-refractivity contribution in [3.8, 4) is 0 Å². The number of ether oxygens (including phenoxy) is 2. The third kappa shape index (κ3) is 7.02. The van der Waals surface area contributed by atoms with Gasteiger partial charge in [0.05, 0.1) is 13.2 Å². The molecule has 20 heavy (non-hydrogen) atoms. The van der Waals surface area contributed by atoms with Crippen LogP contribution in [0, 0.1) is 11.3 Å². The van der Waals surface area contributed by atoms with Gasteiger partial charge in [0.15, 0.2) is 0 Å². The lowest BCUT2D eigenvalue weighted by Crippen LogP contribution is -2.49. The molecular weight excluding hydrogens is 252 g/mol. The lowest BCUT2D eigenvalue weighted by molar-refractivity contribution is -0.0257. The Bertz CT molecular complexity index is 241. The fourth-order valence-electron chi connectivity index (χ4n) is 2.87. The van der Waals surface area contributed by atoms with Crippen LogP contribution in [-0.4, -0.2) is 64.6 Å². The van der Waals surface area contributed by atoms with Gasteiger partial charge in [-0.05, 0) is 39.3 Å². The van der Waals surface area contributed by atoms with Gasteiger partial charge < -0.3 is 19.7 Å². The molecule has 1 N–H and O–H groups in total. The molecule has 0 amide bonds. The van der Waals surface area contributed by atoms with Crippen molar-refractivity contribution >= 4 is 0 Å². The topological polar surface area (TPSA) is 33.7 Å². The molecule has 1 rings (SSSR count). The Hall–Kier alpha value is -0.160. The molecule has 1 unspecified atom stereocenters. The van der Waals surface area contributed by atoms with Crippen molar-refractivity contribution < 1.29 is 9.47 Å². The molecular formula is C16H34N2O2. The van der Waals surface area contributed by atoms with Crippen LogP contribution in [0.3, 0.4) is 0 Å². The van der Waals surface area contributed by atoms with E-state index in [-0.39, 0.29) is 5.41 Å². The van der Waals surface area contributed by atoms with Gasteiger partial charge in [0, 0.05) is 38.3 Å². The molecule has 120 valence electrons.